The van der Waals surface area contributed by atoms with Gasteiger partial charge in [0.2, 0.25) is 0 Å². The van der Waals surface area contributed by atoms with Gasteiger partial charge >= 0.3 is 0 Å². The molecule has 1 rings (SSSR count). The summed E-state index contributed by atoms with van der Waals surface area (Å²) in [6.07, 6.45) is 4.27. The van der Waals surface area contributed by atoms with Crippen molar-refractivity contribution in [3.8, 4) is 0 Å². The van der Waals surface area contributed by atoms with Crippen LogP contribution in [-0.4, -0.2) is 37.0 Å². The monoisotopic (exact) mass is 215 g/mol. The van der Waals surface area contributed by atoms with Crippen molar-refractivity contribution in [2.24, 2.45) is 5.92 Å². The molecular weight excluding hydrogens is 190 g/mol. The molecule has 3 unspecified atom stereocenters. The van der Waals surface area contributed by atoms with Crippen molar-refractivity contribution in [3.63, 3.8) is 0 Å². The van der Waals surface area contributed by atoms with Crippen molar-refractivity contribution in [1.29, 1.82) is 0 Å². The first-order valence-corrected chi connectivity index (χ1v) is 6.11. The first-order valence-electron chi connectivity index (χ1n) is 6.11. The van der Waals surface area contributed by atoms with Crippen LogP contribution in [0.15, 0.2) is 0 Å². The molecule has 0 radical (unpaired) electrons. The number of hydrogen-bond acceptors (Lipinski definition) is 3. The normalized spacial score (nSPS) is 31.2. The summed E-state index contributed by atoms with van der Waals surface area (Å²) in [6, 6.07) is 0.196. The van der Waals surface area contributed by atoms with Crippen molar-refractivity contribution in [3.05, 3.63) is 0 Å². The lowest BCUT2D eigenvalue weighted by molar-refractivity contribution is -0.0706. The van der Waals surface area contributed by atoms with Crippen molar-refractivity contribution in [1.82, 2.24) is 5.32 Å². The van der Waals surface area contributed by atoms with Crippen LogP contribution in [0.25, 0.3) is 0 Å². The zero-order chi connectivity index (χ0) is 11.3. The van der Waals surface area contributed by atoms with Gasteiger partial charge in [0.05, 0.1) is 6.61 Å². The average molecular weight is 215 g/mol. The number of rotatable bonds is 5. The molecule has 90 valence electrons. The van der Waals surface area contributed by atoms with Gasteiger partial charge in [0.25, 0.3) is 0 Å². The van der Waals surface area contributed by atoms with E-state index in [4.69, 9.17) is 4.74 Å². The van der Waals surface area contributed by atoms with Gasteiger partial charge < -0.3 is 15.2 Å². The molecule has 15 heavy (non-hydrogen) atoms. The molecule has 0 aromatic rings. The Kier molecular flexibility index (Phi) is 5.03. The molecule has 0 bridgehead atoms. The quantitative estimate of drug-likeness (QED) is 0.731. The minimum absolute atomic E-state index is 0.196. The van der Waals surface area contributed by atoms with Crippen LogP contribution in [0.2, 0.25) is 0 Å². The van der Waals surface area contributed by atoms with Crippen molar-refractivity contribution in [2.45, 2.75) is 51.2 Å². The van der Waals surface area contributed by atoms with Gasteiger partial charge in [0.15, 0.2) is 0 Å². The van der Waals surface area contributed by atoms with E-state index < -0.39 is 5.60 Å². The zero-order valence-electron chi connectivity index (χ0n) is 10.3. The lowest BCUT2D eigenvalue weighted by atomic mass is 9.81. The second-order valence-corrected chi connectivity index (χ2v) is 4.70. The Balaban J connectivity index is 2.58. The van der Waals surface area contributed by atoms with Crippen molar-refractivity contribution in [2.75, 3.05) is 20.3 Å². The van der Waals surface area contributed by atoms with E-state index in [1.54, 1.807) is 7.11 Å². The van der Waals surface area contributed by atoms with E-state index in [1.165, 1.54) is 12.8 Å². The summed E-state index contributed by atoms with van der Waals surface area (Å²) in [6.45, 7) is 5.71. The molecule has 3 atom stereocenters. The molecular formula is C12H25NO2. The van der Waals surface area contributed by atoms with Gasteiger partial charge in [0.1, 0.15) is 5.60 Å². The fraction of sp³-hybridized carbons (Fsp3) is 1.00. The van der Waals surface area contributed by atoms with Crippen LogP contribution < -0.4 is 5.32 Å². The molecule has 1 saturated heterocycles. The minimum atomic E-state index is -0.692. The highest BCUT2D eigenvalue weighted by molar-refractivity contribution is 4.94. The van der Waals surface area contributed by atoms with Crippen LogP contribution in [0.5, 0.6) is 0 Å². The third-order valence-corrected chi connectivity index (χ3v) is 3.74. The minimum Gasteiger partial charge on any atom is -0.386 e. The third kappa shape index (κ3) is 3.16. The van der Waals surface area contributed by atoms with Crippen LogP contribution in [0, 0.1) is 5.92 Å². The number of methoxy groups -OCH3 is 1. The zero-order valence-corrected chi connectivity index (χ0v) is 10.3. The second-order valence-electron chi connectivity index (χ2n) is 4.70. The largest absolute Gasteiger partial charge is 0.386 e. The first-order chi connectivity index (χ1) is 7.16. The molecule has 1 fully saturated rings. The van der Waals surface area contributed by atoms with Crippen LogP contribution in [0.1, 0.15) is 39.5 Å². The molecule has 2 N–H and O–H groups in total. The van der Waals surface area contributed by atoms with Gasteiger partial charge in [-0.25, -0.2) is 0 Å². The SMILES string of the molecule is CCC1CCNC(C(O)(CC)COC)C1. The van der Waals surface area contributed by atoms with Crippen molar-refractivity contribution >= 4 is 0 Å². The van der Waals surface area contributed by atoms with Gasteiger partial charge in [-0.2, -0.15) is 0 Å². The van der Waals surface area contributed by atoms with Gasteiger partial charge in [-0.05, 0) is 31.7 Å². The number of ether oxygens (including phenoxy) is 1. The lowest BCUT2D eigenvalue weighted by Crippen LogP contribution is -2.56. The summed E-state index contributed by atoms with van der Waals surface area (Å²) in [7, 11) is 1.65. The Hall–Kier alpha value is -0.120. The number of piperidine rings is 1. The van der Waals surface area contributed by atoms with Crippen LogP contribution in [-0.2, 0) is 4.74 Å². The van der Waals surface area contributed by atoms with E-state index in [2.05, 4.69) is 12.2 Å². The van der Waals surface area contributed by atoms with E-state index in [9.17, 15) is 5.11 Å². The highest BCUT2D eigenvalue weighted by Gasteiger charge is 2.37. The Morgan fingerprint density at radius 1 is 1.47 bits per heavy atom. The maximum atomic E-state index is 10.5. The molecule has 0 aromatic heterocycles. The van der Waals surface area contributed by atoms with Gasteiger partial charge in [0, 0.05) is 13.2 Å². The molecule has 0 aliphatic carbocycles. The van der Waals surface area contributed by atoms with E-state index in [-0.39, 0.29) is 6.04 Å². The average Bonchev–Trinajstić information content (AvgIpc) is 2.29. The Labute approximate surface area is 93.2 Å². The second kappa shape index (κ2) is 5.83. The molecule has 3 heteroatoms. The summed E-state index contributed by atoms with van der Waals surface area (Å²) in [5.74, 6) is 0.756. The van der Waals surface area contributed by atoms with Crippen molar-refractivity contribution < 1.29 is 9.84 Å². The highest BCUT2D eigenvalue weighted by atomic mass is 16.5. The van der Waals surface area contributed by atoms with E-state index in [0.717, 1.165) is 25.3 Å². The molecule has 0 aromatic carbocycles. The third-order valence-electron chi connectivity index (χ3n) is 3.74. The maximum Gasteiger partial charge on any atom is 0.103 e. The standard InChI is InChI=1S/C12H25NO2/c1-4-10-6-7-13-11(8-10)12(14,5-2)9-15-3/h10-11,13-14H,4-9H2,1-3H3. The van der Waals surface area contributed by atoms with Crippen LogP contribution in [0.4, 0.5) is 0 Å². The van der Waals surface area contributed by atoms with E-state index in [0.29, 0.717) is 6.61 Å². The van der Waals surface area contributed by atoms with E-state index >= 15 is 0 Å². The molecule has 0 saturated carbocycles. The van der Waals surface area contributed by atoms with Gasteiger partial charge in [-0.1, -0.05) is 20.3 Å². The summed E-state index contributed by atoms with van der Waals surface area (Å²) in [4.78, 5) is 0. The van der Waals surface area contributed by atoms with E-state index in [1.807, 2.05) is 6.92 Å². The maximum absolute atomic E-state index is 10.5. The predicted octanol–water partition coefficient (Wildman–Crippen LogP) is 1.55. The fourth-order valence-electron chi connectivity index (χ4n) is 2.48. The molecule has 1 aliphatic heterocycles. The van der Waals surface area contributed by atoms with Crippen LogP contribution >= 0.6 is 0 Å². The summed E-state index contributed by atoms with van der Waals surface area (Å²) in [5.41, 5.74) is -0.692. The summed E-state index contributed by atoms with van der Waals surface area (Å²) >= 11 is 0. The first kappa shape index (κ1) is 12.9. The molecule has 1 aliphatic rings. The fourth-order valence-corrected chi connectivity index (χ4v) is 2.48. The number of aliphatic hydroxyl groups is 1. The molecule has 3 nitrogen and oxygen atoms in total. The molecule has 1 heterocycles. The van der Waals surface area contributed by atoms with Crippen LogP contribution in [0.3, 0.4) is 0 Å². The summed E-state index contributed by atoms with van der Waals surface area (Å²) in [5, 5.41) is 13.9. The summed E-state index contributed by atoms with van der Waals surface area (Å²) < 4.78 is 5.13. The molecule has 0 spiro atoms. The highest BCUT2D eigenvalue weighted by Crippen LogP contribution is 2.27. The predicted molar refractivity (Wildman–Crippen MR) is 61.9 cm³/mol. The number of nitrogens with one attached hydrogen (secondary N) is 1. The van der Waals surface area contributed by atoms with Gasteiger partial charge in [-0.3, -0.25) is 0 Å². The lowest BCUT2D eigenvalue weighted by Gasteiger charge is -2.40. The topological polar surface area (TPSA) is 41.5 Å². The Morgan fingerprint density at radius 2 is 2.20 bits per heavy atom. The number of hydrogen-bond donors (Lipinski definition) is 2. The Morgan fingerprint density at radius 3 is 2.73 bits per heavy atom. The molecule has 0 amide bonds. The Bertz CT molecular complexity index is 186. The van der Waals surface area contributed by atoms with Gasteiger partial charge in [-0.15, -0.1) is 0 Å². The smallest absolute Gasteiger partial charge is 0.103 e.